The van der Waals surface area contributed by atoms with Crippen molar-refractivity contribution < 1.29 is 28.0 Å². The first-order chi connectivity index (χ1) is 13.9. The Morgan fingerprint density at radius 1 is 1.14 bits per heavy atom. The van der Waals surface area contributed by atoms with Crippen molar-refractivity contribution >= 4 is 27.3 Å². The van der Waals surface area contributed by atoms with Gasteiger partial charge in [0.2, 0.25) is 0 Å². The van der Waals surface area contributed by atoms with E-state index in [-0.39, 0.29) is 18.7 Å². The number of nitrogens with two attached hydrogens (primary N) is 1. The van der Waals surface area contributed by atoms with E-state index in [1.807, 2.05) is 9.47 Å². The average Bonchev–Trinajstić information content (AvgIpc) is 2.73. The van der Waals surface area contributed by atoms with Crippen molar-refractivity contribution in [3.05, 3.63) is 53.8 Å². The lowest BCUT2D eigenvalue weighted by Crippen LogP contribution is -2.48. The lowest BCUT2D eigenvalue weighted by atomic mass is 9.98. The summed E-state index contributed by atoms with van der Waals surface area (Å²) in [5.74, 6) is 2.52. The summed E-state index contributed by atoms with van der Waals surface area (Å²) >= 11 is 0. The van der Waals surface area contributed by atoms with Gasteiger partial charge < -0.3 is 14.6 Å². The molecule has 0 bridgehead atoms. The monoisotopic (exact) mass is 421 g/mol. The largest absolute Gasteiger partial charge is 0.496 e. The van der Waals surface area contributed by atoms with Crippen molar-refractivity contribution in [1.82, 2.24) is 10.7 Å². The summed E-state index contributed by atoms with van der Waals surface area (Å²) in [5, 5.41) is 2.44. The molecule has 0 aliphatic heterocycles. The van der Waals surface area contributed by atoms with Crippen LogP contribution < -0.4 is 21.3 Å². The van der Waals surface area contributed by atoms with E-state index in [9.17, 15) is 18.8 Å². The fourth-order valence-electron chi connectivity index (χ4n) is 2.75. The summed E-state index contributed by atoms with van der Waals surface area (Å²) in [6.07, 6.45) is 0.108. The van der Waals surface area contributed by atoms with Gasteiger partial charge in [-0.05, 0) is 35.7 Å². The lowest BCUT2D eigenvalue weighted by molar-refractivity contribution is -0.140. The van der Waals surface area contributed by atoms with Crippen LogP contribution in [0, 0.1) is 5.82 Å². The number of methoxy groups -OCH3 is 1. The third-order valence-electron chi connectivity index (χ3n) is 4.13. The van der Waals surface area contributed by atoms with Crippen molar-refractivity contribution in [1.29, 1.82) is 0 Å². The standard InChI is InChI=1S/C19H21FN3O5P/c1-27-16-7-6-13(20)9-15(16)12-4-2-11(3-5-12)8-14(10-17(24)28-29)22-18(25)19(26)23-21/h2-7,9,14H,8,10,21,29H2,1H3,(H,22,25)(H,23,26). The van der Waals surface area contributed by atoms with Crippen LogP contribution in [0.1, 0.15) is 12.0 Å². The smallest absolute Gasteiger partial charge is 0.323 e. The molecule has 0 radical (unpaired) electrons. The van der Waals surface area contributed by atoms with E-state index >= 15 is 0 Å². The van der Waals surface area contributed by atoms with E-state index in [2.05, 4.69) is 9.84 Å². The molecule has 0 aromatic heterocycles. The zero-order valence-corrected chi connectivity index (χ0v) is 16.8. The van der Waals surface area contributed by atoms with E-state index in [1.54, 1.807) is 35.8 Å². The van der Waals surface area contributed by atoms with Gasteiger partial charge in [0.1, 0.15) is 11.6 Å². The minimum Gasteiger partial charge on any atom is -0.496 e. The Bertz CT molecular complexity index is 892. The molecular weight excluding hydrogens is 400 g/mol. The van der Waals surface area contributed by atoms with Gasteiger partial charge in [-0.2, -0.15) is 0 Å². The Morgan fingerprint density at radius 3 is 2.41 bits per heavy atom. The maximum Gasteiger partial charge on any atom is 0.323 e. The third kappa shape index (κ3) is 6.23. The molecule has 2 unspecified atom stereocenters. The van der Waals surface area contributed by atoms with Gasteiger partial charge >= 0.3 is 17.8 Å². The van der Waals surface area contributed by atoms with Crippen LogP contribution in [-0.2, 0) is 25.3 Å². The molecule has 4 N–H and O–H groups in total. The number of nitrogens with one attached hydrogen (secondary N) is 2. The molecule has 0 fully saturated rings. The number of amides is 2. The second kappa shape index (κ2) is 10.5. The maximum atomic E-state index is 13.6. The second-order valence-electron chi connectivity index (χ2n) is 6.08. The zero-order chi connectivity index (χ0) is 21.4. The van der Waals surface area contributed by atoms with Gasteiger partial charge in [0, 0.05) is 11.6 Å². The molecule has 29 heavy (non-hydrogen) atoms. The van der Waals surface area contributed by atoms with E-state index in [0.29, 0.717) is 11.3 Å². The van der Waals surface area contributed by atoms with Gasteiger partial charge in [-0.15, -0.1) is 0 Å². The number of carbonyl (C=O) groups excluding carboxylic acids is 3. The molecule has 2 amide bonds. The van der Waals surface area contributed by atoms with Crippen LogP contribution in [0.2, 0.25) is 0 Å². The van der Waals surface area contributed by atoms with Crippen LogP contribution in [0.5, 0.6) is 5.75 Å². The van der Waals surface area contributed by atoms with Crippen LogP contribution in [-0.4, -0.2) is 30.9 Å². The summed E-state index contributed by atoms with van der Waals surface area (Å²) in [7, 11) is 3.34. The number of hydrazine groups is 1. The minimum absolute atomic E-state index is 0.146. The first kappa shape index (κ1) is 22.3. The Kier molecular flexibility index (Phi) is 8.06. The van der Waals surface area contributed by atoms with Crippen LogP contribution in [0.15, 0.2) is 42.5 Å². The van der Waals surface area contributed by atoms with Crippen LogP contribution in [0.25, 0.3) is 11.1 Å². The van der Waals surface area contributed by atoms with Gasteiger partial charge in [-0.1, -0.05) is 24.3 Å². The predicted molar refractivity (Wildman–Crippen MR) is 107 cm³/mol. The normalized spacial score (nSPS) is 11.3. The van der Waals surface area contributed by atoms with Crippen molar-refractivity contribution in [2.75, 3.05) is 7.11 Å². The number of ether oxygens (including phenoxy) is 1. The first-order valence-corrected chi connectivity index (χ1v) is 8.99. The number of hydrogen-bond donors (Lipinski definition) is 3. The molecule has 10 heteroatoms. The quantitative estimate of drug-likeness (QED) is 0.203. The summed E-state index contributed by atoms with van der Waals surface area (Å²) in [5.41, 5.74) is 3.83. The number of hydrogen-bond acceptors (Lipinski definition) is 6. The van der Waals surface area contributed by atoms with Crippen LogP contribution in [0.4, 0.5) is 4.39 Å². The molecule has 0 saturated heterocycles. The van der Waals surface area contributed by atoms with Crippen LogP contribution in [0.3, 0.4) is 0 Å². The SMILES string of the molecule is COc1ccc(F)cc1-c1ccc(CC(CC(=O)OP)NC(=O)C(=O)NN)cc1. The van der Waals surface area contributed by atoms with Gasteiger partial charge in [0.15, 0.2) is 0 Å². The summed E-state index contributed by atoms with van der Waals surface area (Å²) in [6, 6.07) is 10.6. The topological polar surface area (TPSA) is 120 Å². The fraction of sp³-hybridized carbons (Fsp3) is 0.211. The lowest BCUT2D eigenvalue weighted by Gasteiger charge is -2.17. The molecule has 2 aromatic carbocycles. The Labute approximate surface area is 169 Å². The fourth-order valence-corrected chi connectivity index (χ4v) is 2.85. The molecule has 154 valence electrons. The number of carbonyl (C=O) groups is 3. The molecule has 2 aromatic rings. The van der Waals surface area contributed by atoms with Crippen molar-refractivity contribution in [2.24, 2.45) is 5.84 Å². The summed E-state index contributed by atoms with van der Waals surface area (Å²) in [6.45, 7) is 0. The Morgan fingerprint density at radius 2 is 1.83 bits per heavy atom. The van der Waals surface area contributed by atoms with E-state index in [1.165, 1.54) is 19.2 Å². The maximum absolute atomic E-state index is 13.6. The minimum atomic E-state index is -1.03. The summed E-state index contributed by atoms with van der Waals surface area (Å²) in [4.78, 5) is 34.7. The van der Waals surface area contributed by atoms with E-state index in [0.717, 1.165) is 11.1 Å². The molecule has 0 aliphatic rings. The molecule has 2 rings (SSSR count). The van der Waals surface area contributed by atoms with E-state index < -0.39 is 23.8 Å². The highest BCUT2D eigenvalue weighted by Crippen LogP contribution is 2.30. The van der Waals surface area contributed by atoms with Crippen LogP contribution >= 0.6 is 9.47 Å². The zero-order valence-electron chi connectivity index (χ0n) is 15.6. The molecule has 2 atom stereocenters. The molecule has 8 nitrogen and oxygen atoms in total. The molecule has 0 spiro atoms. The average molecular weight is 421 g/mol. The van der Waals surface area contributed by atoms with E-state index in [4.69, 9.17) is 10.6 Å². The Balaban J connectivity index is 2.19. The number of halogens is 1. The molecule has 0 heterocycles. The van der Waals surface area contributed by atoms with Crippen molar-refractivity contribution in [2.45, 2.75) is 18.9 Å². The molecular formula is C19H21FN3O5P. The predicted octanol–water partition coefficient (Wildman–Crippen LogP) is 1.24. The highest BCUT2D eigenvalue weighted by molar-refractivity contribution is 7.10. The third-order valence-corrected chi connectivity index (χ3v) is 4.39. The highest BCUT2D eigenvalue weighted by Gasteiger charge is 2.21. The molecule has 0 aliphatic carbocycles. The van der Waals surface area contributed by atoms with Gasteiger partial charge in [-0.25, -0.2) is 10.2 Å². The molecule has 0 saturated carbocycles. The summed E-state index contributed by atoms with van der Waals surface area (Å²) < 4.78 is 23.4. The van der Waals surface area contributed by atoms with Crippen molar-refractivity contribution in [3.63, 3.8) is 0 Å². The van der Waals surface area contributed by atoms with Crippen molar-refractivity contribution in [3.8, 4) is 16.9 Å². The highest BCUT2D eigenvalue weighted by atomic mass is 31.0. The Hall–Kier alpha value is -3.03. The van der Waals surface area contributed by atoms with Gasteiger partial charge in [-0.3, -0.25) is 19.8 Å². The number of rotatable bonds is 7. The first-order valence-electron chi connectivity index (χ1n) is 8.51. The van der Waals surface area contributed by atoms with Gasteiger partial charge in [0.05, 0.1) is 23.0 Å². The van der Waals surface area contributed by atoms with Gasteiger partial charge in [0.25, 0.3) is 0 Å². The number of benzene rings is 2. The second-order valence-corrected chi connectivity index (χ2v) is 6.32.